The van der Waals surface area contributed by atoms with Gasteiger partial charge in [0.2, 0.25) is 5.91 Å². The van der Waals surface area contributed by atoms with Crippen molar-refractivity contribution in [3.05, 3.63) is 83.9 Å². The minimum Gasteiger partial charge on any atom is -0.322 e. The number of nitrogens with one attached hydrogen (secondary N) is 1. The van der Waals surface area contributed by atoms with Crippen LogP contribution >= 0.6 is 23.1 Å². The van der Waals surface area contributed by atoms with Gasteiger partial charge in [0.15, 0.2) is 4.34 Å². The summed E-state index contributed by atoms with van der Waals surface area (Å²) >= 11 is 3.03. The molecule has 3 aromatic carbocycles. The van der Waals surface area contributed by atoms with Gasteiger partial charge in [0.05, 0.1) is 16.0 Å². The van der Waals surface area contributed by atoms with E-state index in [0.29, 0.717) is 17.0 Å². The maximum atomic E-state index is 12.9. The van der Waals surface area contributed by atoms with Gasteiger partial charge in [0.25, 0.3) is 5.91 Å². The monoisotopic (exact) mass is 459 g/mol. The molecule has 1 aliphatic heterocycles. The molecule has 0 atom stereocenters. The number of benzene rings is 3. The molecule has 0 fully saturated rings. The first-order chi connectivity index (χ1) is 15.7. The first kappa shape index (κ1) is 20.7. The predicted molar refractivity (Wildman–Crippen MR) is 132 cm³/mol. The molecule has 0 saturated carbocycles. The van der Waals surface area contributed by atoms with Crippen LogP contribution in [0.2, 0.25) is 0 Å². The average Bonchev–Trinajstić information content (AvgIpc) is 3.25. The largest absolute Gasteiger partial charge is 0.322 e. The molecule has 0 saturated heterocycles. The summed E-state index contributed by atoms with van der Waals surface area (Å²) in [6.07, 6.45) is 2.01. The Bertz CT molecular complexity index is 1290. The Morgan fingerprint density at radius 1 is 1.03 bits per heavy atom. The molecule has 0 spiro atoms. The second-order valence-electron chi connectivity index (χ2n) is 7.55. The van der Waals surface area contributed by atoms with Crippen LogP contribution in [0.1, 0.15) is 22.3 Å². The van der Waals surface area contributed by atoms with Crippen molar-refractivity contribution in [1.29, 1.82) is 0 Å². The Kier molecular flexibility index (Phi) is 5.92. The van der Waals surface area contributed by atoms with Crippen molar-refractivity contribution in [2.24, 2.45) is 0 Å². The number of aryl methyl sites for hydroxylation is 1. The molecule has 2 heterocycles. The van der Waals surface area contributed by atoms with Gasteiger partial charge < -0.3 is 10.2 Å². The van der Waals surface area contributed by atoms with Gasteiger partial charge in [-0.05, 0) is 54.8 Å². The van der Waals surface area contributed by atoms with E-state index >= 15 is 0 Å². The summed E-state index contributed by atoms with van der Waals surface area (Å²) in [6.45, 7) is 0.765. The van der Waals surface area contributed by atoms with Gasteiger partial charge in [-0.1, -0.05) is 48.2 Å². The van der Waals surface area contributed by atoms with E-state index in [0.717, 1.165) is 39.6 Å². The molecule has 0 unspecified atom stereocenters. The Hall–Kier alpha value is -3.16. The number of carbonyl (C=O) groups is 2. The molecule has 7 heteroatoms. The number of hydrogen-bond donors (Lipinski definition) is 1. The van der Waals surface area contributed by atoms with Gasteiger partial charge in [-0.2, -0.15) is 0 Å². The molecule has 32 heavy (non-hydrogen) atoms. The lowest BCUT2D eigenvalue weighted by atomic mass is 10.0. The summed E-state index contributed by atoms with van der Waals surface area (Å²) < 4.78 is 1.88. The highest BCUT2D eigenvalue weighted by Crippen LogP contribution is 2.32. The van der Waals surface area contributed by atoms with Gasteiger partial charge in [-0.15, -0.1) is 11.3 Å². The molecular weight excluding hydrogens is 438 g/mol. The second-order valence-corrected chi connectivity index (χ2v) is 9.80. The highest BCUT2D eigenvalue weighted by molar-refractivity contribution is 8.01. The predicted octanol–water partition coefficient (Wildman–Crippen LogP) is 5.62. The molecule has 5 nitrogen and oxygen atoms in total. The minimum atomic E-state index is -0.151. The van der Waals surface area contributed by atoms with E-state index in [9.17, 15) is 9.59 Å². The number of nitrogens with zero attached hydrogens (tertiary/aromatic N) is 2. The molecule has 0 bridgehead atoms. The second kappa shape index (κ2) is 9.14. The fourth-order valence-corrected chi connectivity index (χ4v) is 5.76. The molecule has 5 rings (SSSR count). The quantitative estimate of drug-likeness (QED) is 0.394. The number of aromatic nitrogens is 1. The summed E-state index contributed by atoms with van der Waals surface area (Å²) in [5.74, 6) is 0.311. The van der Waals surface area contributed by atoms with Crippen LogP contribution in [-0.4, -0.2) is 29.1 Å². The number of rotatable bonds is 5. The van der Waals surface area contributed by atoms with E-state index < -0.39 is 0 Å². The van der Waals surface area contributed by atoms with Crippen molar-refractivity contribution in [3.8, 4) is 0 Å². The molecule has 1 aliphatic rings. The maximum Gasteiger partial charge on any atom is 0.255 e. The van der Waals surface area contributed by atoms with E-state index in [2.05, 4.69) is 16.4 Å². The van der Waals surface area contributed by atoms with Crippen LogP contribution in [0.4, 0.5) is 11.4 Å². The summed E-state index contributed by atoms with van der Waals surface area (Å²) in [7, 11) is 0. The number of amides is 2. The summed E-state index contributed by atoms with van der Waals surface area (Å²) in [5.41, 5.74) is 4.41. The van der Waals surface area contributed by atoms with E-state index in [1.54, 1.807) is 23.5 Å². The van der Waals surface area contributed by atoms with Crippen LogP contribution in [0.5, 0.6) is 0 Å². The molecule has 0 radical (unpaired) electrons. The average molecular weight is 460 g/mol. The first-order valence-electron chi connectivity index (χ1n) is 10.5. The number of hydrogen-bond acceptors (Lipinski definition) is 5. The molecule has 160 valence electrons. The lowest BCUT2D eigenvalue weighted by Gasteiger charge is -2.29. The molecule has 0 aliphatic carbocycles. The zero-order chi connectivity index (χ0) is 21.9. The normalized spacial score (nSPS) is 13.1. The smallest absolute Gasteiger partial charge is 0.255 e. The number of carbonyl (C=O) groups excluding carboxylic acids is 2. The SMILES string of the molecule is O=C(Nc1ccc2sc(SCC(=O)N3CCCc4ccccc43)nc2c1)c1ccccc1. The molecule has 4 aromatic rings. The van der Waals surface area contributed by atoms with Crippen molar-refractivity contribution >= 4 is 56.5 Å². The van der Waals surface area contributed by atoms with Gasteiger partial charge >= 0.3 is 0 Å². The van der Waals surface area contributed by atoms with Crippen LogP contribution in [-0.2, 0) is 11.2 Å². The highest BCUT2D eigenvalue weighted by atomic mass is 32.2. The van der Waals surface area contributed by atoms with E-state index in [1.165, 1.54) is 17.3 Å². The first-order valence-corrected chi connectivity index (χ1v) is 12.3. The standard InChI is InChI=1S/C25H21N3O2S2/c29-23(28-14-6-10-17-7-4-5-11-21(17)28)16-31-25-27-20-15-19(12-13-22(20)32-25)26-24(30)18-8-2-1-3-9-18/h1-5,7-9,11-13,15H,6,10,14,16H2,(H,26,30). The zero-order valence-electron chi connectivity index (χ0n) is 17.3. The Morgan fingerprint density at radius 3 is 2.72 bits per heavy atom. The van der Waals surface area contributed by atoms with Crippen molar-refractivity contribution in [2.75, 3.05) is 22.5 Å². The Labute approximate surface area is 194 Å². The number of thiazole rings is 1. The maximum absolute atomic E-state index is 12.9. The fourth-order valence-electron chi connectivity index (χ4n) is 3.83. The van der Waals surface area contributed by atoms with Gasteiger partial charge in [0, 0.05) is 23.5 Å². The minimum absolute atomic E-state index is 0.109. The number of fused-ring (bicyclic) bond motifs is 2. The van der Waals surface area contributed by atoms with Gasteiger partial charge in [0.1, 0.15) is 0 Å². The lowest BCUT2D eigenvalue weighted by Crippen LogP contribution is -2.36. The third kappa shape index (κ3) is 4.40. The Morgan fingerprint density at radius 2 is 1.84 bits per heavy atom. The third-order valence-corrected chi connectivity index (χ3v) is 7.56. The van der Waals surface area contributed by atoms with Crippen LogP contribution in [0.15, 0.2) is 77.1 Å². The van der Waals surface area contributed by atoms with Crippen molar-refractivity contribution in [2.45, 2.75) is 17.2 Å². The highest BCUT2D eigenvalue weighted by Gasteiger charge is 2.22. The number of anilines is 2. The zero-order valence-corrected chi connectivity index (χ0v) is 18.9. The van der Waals surface area contributed by atoms with Crippen LogP contribution < -0.4 is 10.2 Å². The Balaban J connectivity index is 1.26. The topological polar surface area (TPSA) is 62.3 Å². The fraction of sp³-hybridized carbons (Fsp3) is 0.160. The van der Waals surface area contributed by atoms with E-state index in [-0.39, 0.29) is 11.8 Å². The van der Waals surface area contributed by atoms with Crippen LogP contribution in [0, 0.1) is 0 Å². The lowest BCUT2D eigenvalue weighted by molar-refractivity contribution is -0.116. The summed E-state index contributed by atoms with van der Waals surface area (Å²) in [6, 6.07) is 23.0. The number of thioether (sulfide) groups is 1. The summed E-state index contributed by atoms with van der Waals surface area (Å²) in [5, 5.41) is 2.92. The van der Waals surface area contributed by atoms with Gasteiger partial charge in [-0.25, -0.2) is 4.98 Å². The van der Waals surface area contributed by atoms with Gasteiger partial charge in [-0.3, -0.25) is 9.59 Å². The third-order valence-electron chi connectivity index (χ3n) is 5.39. The molecule has 1 N–H and O–H groups in total. The summed E-state index contributed by atoms with van der Waals surface area (Å²) in [4.78, 5) is 31.9. The number of para-hydroxylation sites is 1. The van der Waals surface area contributed by atoms with Crippen LogP contribution in [0.3, 0.4) is 0 Å². The van der Waals surface area contributed by atoms with E-state index in [1.807, 2.05) is 59.5 Å². The van der Waals surface area contributed by atoms with Crippen molar-refractivity contribution in [1.82, 2.24) is 4.98 Å². The molecule has 2 amide bonds. The van der Waals surface area contributed by atoms with Crippen molar-refractivity contribution in [3.63, 3.8) is 0 Å². The molecular formula is C25H21N3O2S2. The van der Waals surface area contributed by atoms with E-state index in [4.69, 9.17) is 0 Å². The van der Waals surface area contributed by atoms with Crippen molar-refractivity contribution < 1.29 is 9.59 Å². The van der Waals surface area contributed by atoms with Crippen LogP contribution in [0.25, 0.3) is 10.2 Å². The molecule has 1 aromatic heterocycles.